The molecule has 1 amide bonds. The van der Waals surface area contributed by atoms with Crippen LogP contribution < -0.4 is 10.6 Å². The van der Waals surface area contributed by atoms with Gasteiger partial charge >= 0.3 is 0 Å². The van der Waals surface area contributed by atoms with Crippen molar-refractivity contribution in [1.29, 1.82) is 0 Å². The molecule has 3 rings (SSSR count). The van der Waals surface area contributed by atoms with Gasteiger partial charge in [-0.1, -0.05) is 51.1 Å². The largest absolute Gasteiger partial charge is 0.390 e. The number of aliphatic hydroxyl groups excluding tert-OH is 1. The van der Waals surface area contributed by atoms with Crippen LogP contribution in [-0.2, 0) is 29.4 Å². The molecule has 0 spiro atoms. The Hall–Kier alpha value is -3.18. The molecule has 3 N–H and O–H groups in total. The molecule has 10 heteroatoms. The number of sulfonamides is 1. The van der Waals surface area contributed by atoms with Crippen molar-refractivity contribution in [1.82, 2.24) is 14.9 Å². The molecule has 2 atom stereocenters. The third-order valence-corrected chi connectivity index (χ3v) is 8.82. The molecule has 0 aliphatic carbocycles. The van der Waals surface area contributed by atoms with Gasteiger partial charge in [0.05, 0.1) is 17.0 Å². The Morgan fingerprint density at radius 2 is 1.52 bits per heavy atom. The molecule has 0 heterocycles. The van der Waals surface area contributed by atoms with Gasteiger partial charge in [0.25, 0.3) is 5.91 Å². The maximum absolute atomic E-state index is 13.9. The van der Waals surface area contributed by atoms with E-state index in [1.165, 1.54) is 34.1 Å². The summed E-state index contributed by atoms with van der Waals surface area (Å²) in [6, 6.07) is 15.9. The lowest BCUT2D eigenvalue weighted by Gasteiger charge is -2.25. The summed E-state index contributed by atoms with van der Waals surface area (Å²) in [5, 5.41) is 17.0. The fraction of sp³-hybridized carbons (Fsp3) is 0.406. The van der Waals surface area contributed by atoms with E-state index in [9.17, 15) is 27.1 Å². The van der Waals surface area contributed by atoms with Crippen molar-refractivity contribution in [3.8, 4) is 0 Å². The van der Waals surface area contributed by atoms with Gasteiger partial charge in [-0.3, -0.25) is 4.79 Å². The van der Waals surface area contributed by atoms with E-state index in [0.29, 0.717) is 32.5 Å². The van der Waals surface area contributed by atoms with Gasteiger partial charge in [0.1, 0.15) is 11.6 Å². The van der Waals surface area contributed by atoms with Crippen LogP contribution in [0.5, 0.6) is 0 Å². The number of hydrogen-bond acceptors (Lipinski definition) is 5. The van der Waals surface area contributed by atoms with Gasteiger partial charge in [0.15, 0.2) is 0 Å². The molecule has 3 aromatic carbocycles. The standard InChI is InChI=1S/C32H41F2N3O4S/c1-4-13-37(14-5-2)42(40,41)29-12-8-11-26(19-29)32(39)36-30(18-25-16-27(33)20-28(34)17-25)31(38)22-35-21-24-10-7-9-23(6-3)15-24/h7-12,15-17,19-20,30-31,35,38H,4-6,13-14,18,21-22H2,1-3H3,(H,36,39)/t30-,31-/m0/s1. The molecule has 0 radical (unpaired) electrons. The predicted octanol–water partition coefficient (Wildman–Crippen LogP) is 4.83. The van der Waals surface area contributed by atoms with Crippen molar-refractivity contribution >= 4 is 15.9 Å². The summed E-state index contributed by atoms with van der Waals surface area (Å²) < 4.78 is 55.8. The van der Waals surface area contributed by atoms with Crippen LogP contribution in [0.15, 0.2) is 71.6 Å². The van der Waals surface area contributed by atoms with E-state index in [1.807, 2.05) is 32.0 Å². The van der Waals surface area contributed by atoms with E-state index in [-0.39, 0.29) is 29.0 Å². The maximum atomic E-state index is 13.9. The van der Waals surface area contributed by atoms with Crippen molar-refractivity contribution in [2.45, 2.75) is 70.0 Å². The van der Waals surface area contributed by atoms with Gasteiger partial charge < -0.3 is 15.7 Å². The minimum Gasteiger partial charge on any atom is -0.390 e. The van der Waals surface area contributed by atoms with Crippen LogP contribution in [0.1, 0.15) is 60.7 Å². The van der Waals surface area contributed by atoms with E-state index in [1.54, 1.807) is 0 Å². The van der Waals surface area contributed by atoms with Crippen molar-refractivity contribution in [2.75, 3.05) is 19.6 Å². The molecule has 0 saturated carbocycles. The molecule has 42 heavy (non-hydrogen) atoms. The van der Waals surface area contributed by atoms with Crippen molar-refractivity contribution in [3.63, 3.8) is 0 Å². The van der Waals surface area contributed by atoms with Crippen LogP contribution in [0.25, 0.3) is 0 Å². The third kappa shape index (κ3) is 9.42. The second-order valence-corrected chi connectivity index (χ2v) is 12.3. The van der Waals surface area contributed by atoms with Crippen LogP contribution in [-0.4, -0.2) is 55.5 Å². The molecule has 0 aliphatic heterocycles. The van der Waals surface area contributed by atoms with Gasteiger partial charge in [-0.25, -0.2) is 17.2 Å². The Kier molecular flexibility index (Phi) is 12.6. The molecule has 0 unspecified atom stereocenters. The molecular formula is C32H41F2N3O4S. The predicted molar refractivity (Wildman–Crippen MR) is 161 cm³/mol. The second kappa shape index (κ2) is 15.9. The molecule has 0 aliphatic rings. The lowest BCUT2D eigenvalue weighted by Crippen LogP contribution is -2.48. The fourth-order valence-electron chi connectivity index (χ4n) is 4.78. The lowest BCUT2D eigenvalue weighted by molar-refractivity contribution is 0.0829. The molecule has 3 aromatic rings. The zero-order valence-corrected chi connectivity index (χ0v) is 25.3. The summed E-state index contributed by atoms with van der Waals surface area (Å²) in [6.07, 6.45) is 1.03. The highest BCUT2D eigenvalue weighted by atomic mass is 32.2. The van der Waals surface area contributed by atoms with Gasteiger partial charge in [0, 0.05) is 37.8 Å². The minimum absolute atomic E-state index is 0.00248. The van der Waals surface area contributed by atoms with Crippen LogP contribution >= 0.6 is 0 Å². The van der Waals surface area contributed by atoms with Crippen LogP contribution in [0.2, 0.25) is 0 Å². The highest BCUT2D eigenvalue weighted by molar-refractivity contribution is 7.89. The van der Waals surface area contributed by atoms with Crippen molar-refractivity contribution in [2.24, 2.45) is 0 Å². The molecule has 0 bridgehead atoms. The average Bonchev–Trinajstić information content (AvgIpc) is 2.96. The summed E-state index contributed by atoms with van der Waals surface area (Å²) in [6.45, 7) is 7.16. The van der Waals surface area contributed by atoms with Crippen LogP contribution in [0, 0.1) is 11.6 Å². The number of rotatable bonds is 16. The van der Waals surface area contributed by atoms with Gasteiger partial charge in [0.2, 0.25) is 10.0 Å². The third-order valence-electron chi connectivity index (χ3n) is 6.92. The Balaban J connectivity index is 1.80. The molecular weight excluding hydrogens is 560 g/mol. The zero-order chi connectivity index (χ0) is 30.7. The summed E-state index contributed by atoms with van der Waals surface area (Å²) in [5.41, 5.74) is 2.58. The molecule has 228 valence electrons. The Morgan fingerprint density at radius 1 is 0.881 bits per heavy atom. The van der Waals surface area contributed by atoms with E-state index in [2.05, 4.69) is 23.6 Å². The average molecular weight is 602 g/mol. The first-order valence-corrected chi connectivity index (χ1v) is 15.8. The van der Waals surface area contributed by atoms with Crippen LogP contribution in [0.4, 0.5) is 8.78 Å². The van der Waals surface area contributed by atoms with Gasteiger partial charge in [-0.05, 0) is 72.7 Å². The van der Waals surface area contributed by atoms with E-state index in [4.69, 9.17) is 0 Å². The second-order valence-electron chi connectivity index (χ2n) is 10.4. The normalized spacial score (nSPS) is 13.2. The van der Waals surface area contributed by atoms with Crippen molar-refractivity contribution in [3.05, 3.63) is 101 Å². The smallest absolute Gasteiger partial charge is 0.251 e. The number of aryl methyl sites for hydroxylation is 1. The van der Waals surface area contributed by atoms with Gasteiger partial charge in [-0.2, -0.15) is 4.31 Å². The first-order valence-electron chi connectivity index (χ1n) is 14.4. The Labute approximate surface area is 248 Å². The highest BCUT2D eigenvalue weighted by Gasteiger charge is 2.26. The summed E-state index contributed by atoms with van der Waals surface area (Å²) in [5.74, 6) is -2.14. The SMILES string of the molecule is CCCN(CCC)S(=O)(=O)c1cccc(C(=O)N[C@@H](Cc2cc(F)cc(F)c2)[C@@H](O)CNCc2cccc(CC)c2)c1. The van der Waals surface area contributed by atoms with E-state index in [0.717, 1.165) is 30.2 Å². The number of nitrogens with zero attached hydrogens (tertiary/aromatic N) is 1. The first-order chi connectivity index (χ1) is 20.1. The van der Waals surface area contributed by atoms with Crippen molar-refractivity contribution < 1.29 is 27.1 Å². The number of hydrogen-bond donors (Lipinski definition) is 3. The number of carbonyl (C=O) groups excluding carboxylic acids is 1. The molecule has 0 saturated heterocycles. The lowest BCUT2D eigenvalue weighted by atomic mass is 10.00. The number of benzene rings is 3. The maximum Gasteiger partial charge on any atom is 0.251 e. The summed E-state index contributed by atoms with van der Waals surface area (Å²) >= 11 is 0. The quantitative estimate of drug-likeness (QED) is 0.219. The Bertz CT molecular complexity index is 1410. The number of carbonyl (C=O) groups is 1. The number of halogens is 2. The Morgan fingerprint density at radius 3 is 2.17 bits per heavy atom. The van der Waals surface area contributed by atoms with Gasteiger partial charge in [-0.15, -0.1) is 0 Å². The molecule has 0 aromatic heterocycles. The first kappa shape index (κ1) is 33.3. The summed E-state index contributed by atoms with van der Waals surface area (Å²) in [4.78, 5) is 13.3. The fourth-order valence-corrected chi connectivity index (χ4v) is 6.45. The monoisotopic (exact) mass is 601 g/mol. The molecule has 7 nitrogen and oxygen atoms in total. The topological polar surface area (TPSA) is 98.7 Å². The number of nitrogens with one attached hydrogen (secondary N) is 2. The molecule has 0 fully saturated rings. The highest BCUT2D eigenvalue weighted by Crippen LogP contribution is 2.19. The number of aliphatic hydroxyl groups is 1. The zero-order valence-electron chi connectivity index (χ0n) is 24.4. The van der Waals surface area contributed by atoms with Crippen LogP contribution in [0.3, 0.4) is 0 Å². The number of amides is 1. The minimum atomic E-state index is -3.82. The summed E-state index contributed by atoms with van der Waals surface area (Å²) in [7, 11) is -3.82. The van der Waals surface area contributed by atoms with E-state index >= 15 is 0 Å². The van der Waals surface area contributed by atoms with E-state index < -0.39 is 39.7 Å².